The van der Waals surface area contributed by atoms with Gasteiger partial charge in [-0.2, -0.15) is 0 Å². The highest BCUT2D eigenvalue weighted by molar-refractivity contribution is 7.95. The van der Waals surface area contributed by atoms with Crippen molar-refractivity contribution >= 4 is 115 Å². The summed E-state index contributed by atoms with van der Waals surface area (Å²) in [6, 6.07) is 95.0. The van der Waals surface area contributed by atoms with Crippen LogP contribution in [-0.2, 0) is 56.4 Å². The number of nitrogens with zero attached hydrogens (tertiary/aromatic N) is 2. The minimum Gasteiger partial charge on any atom is -0.469 e. The van der Waals surface area contributed by atoms with E-state index in [4.69, 9.17) is 28.1 Å². The van der Waals surface area contributed by atoms with E-state index in [1.165, 1.54) is 69.7 Å². The molecular formula is C102H131N2O13PSi3. The average molecular weight is 1710 g/mol. The first-order valence-corrected chi connectivity index (χ1v) is 49.1. The normalized spacial score (nSPS) is 11.9. The Hall–Kier alpha value is -10.1. The van der Waals surface area contributed by atoms with Crippen molar-refractivity contribution in [2.45, 2.75) is 142 Å². The smallest absolute Gasteiger partial charge is 0.309 e. The average Bonchev–Trinajstić information content (AvgIpc) is 0.767. The quantitative estimate of drug-likeness (QED) is 0.00569. The molecule has 0 saturated carbocycles. The topological polar surface area (TPSA) is 177 Å². The lowest BCUT2D eigenvalue weighted by Crippen LogP contribution is -2.66. The van der Waals surface area contributed by atoms with Crippen LogP contribution in [0.4, 0.5) is 0 Å². The summed E-state index contributed by atoms with van der Waals surface area (Å²) in [5.41, 5.74) is 0. The van der Waals surface area contributed by atoms with Crippen LogP contribution in [0, 0.1) is 0 Å². The largest absolute Gasteiger partial charge is 0.469 e. The molecule has 1 N–H and O–H groups in total. The number of methoxy groups -OCH3 is 2. The molecule has 9 aromatic rings. The van der Waals surface area contributed by atoms with Gasteiger partial charge in [-0.1, -0.05) is 390 Å². The Labute approximate surface area is 726 Å². The molecular weight excluding hydrogens is 1580 g/mol. The van der Waals surface area contributed by atoms with Gasteiger partial charge in [0.1, 0.15) is 6.29 Å². The van der Waals surface area contributed by atoms with Crippen molar-refractivity contribution in [3.05, 3.63) is 334 Å². The molecule has 0 spiro atoms. The summed E-state index contributed by atoms with van der Waals surface area (Å²) < 4.78 is 29.2. The first kappa shape index (κ1) is 101. The Bertz CT molecular complexity index is 4380. The predicted molar refractivity (Wildman–Crippen MR) is 511 cm³/mol. The Kier molecular flexibility index (Phi) is 45.6. The van der Waals surface area contributed by atoms with E-state index in [0.717, 1.165) is 60.7 Å². The molecule has 9 aromatic carbocycles. The summed E-state index contributed by atoms with van der Waals surface area (Å²) in [6.45, 7) is 20.6. The lowest BCUT2D eigenvalue weighted by atomic mass is 10.2. The van der Waals surface area contributed by atoms with Crippen LogP contribution in [0.15, 0.2) is 334 Å². The molecule has 0 heterocycles. The molecule has 0 aromatic heterocycles. The summed E-state index contributed by atoms with van der Waals surface area (Å²) in [5.74, 6) is 0.885. The number of hydrogen-bond donors (Lipinski definition) is 1. The van der Waals surface area contributed by atoms with Crippen LogP contribution >= 0.6 is 6.89 Å². The van der Waals surface area contributed by atoms with Crippen LogP contribution in [0.5, 0.6) is 0 Å². The molecule has 0 aliphatic rings. The third-order valence-electron chi connectivity index (χ3n) is 20.2. The number of ether oxygens (including phenoxy) is 2. The van der Waals surface area contributed by atoms with Gasteiger partial charge in [-0.05, 0) is 114 Å². The van der Waals surface area contributed by atoms with Gasteiger partial charge in [-0.25, -0.2) is 10.1 Å². The molecule has 9 rings (SSSR count). The molecule has 0 fully saturated rings. The van der Waals surface area contributed by atoms with Crippen LogP contribution in [-0.4, -0.2) is 145 Å². The van der Waals surface area contributed by atoms with E-state index in [0.29, 0.717) is 32.7 Å². The summed E-state index contributed by atoms with van der Waals surface area (Å²) in [5, 5.41) is 22.6. The lowest BCUT2D eigenvalue weighted by molar-refractivity contribution is -0.162. The first-order valence-electron chi connectivity index (χ1n) is 41.5. The minimum atomic E-state index is -2.46. The second kappa shape index (κ2) is 54.4. The number of aliphatic hydroxyl groups is 1. The Morgan fingerprint density at radius 3 is 0.818 bits per heavy atom. The number of benzene rings is 9. The van der Waals surface area contributed by atoms with Gasteiger partial charge in [0.2, 0.25) is 0 Å². The van der Waals surface area contributed by atoms with Crippen molar-refractivity contribution in [2.75, 3.05) is 69.0 Å². The summed E-state index contributed by atoms with van der Waals surface area (Å²) >= 11 is 0. The number of carbonyl (C=O) groups is 5. The van der Waals surface area contributed by atoms with E-state index >= 15 is 0 Å². The number of rotatable bonds is 37. The van der Waals surface area contributed by atoms with Crippen LogP contribution in [0.2, 0.25) is 15.1 Å². The number of hydroxylamine groups is 4. The highest BCUT2D eigenvalue weighted by Crippen LogP contribution is 2.44. The van der Waals surface area contributed by atoms with Gasteiger partial charge in [0.25, 0.3) is 36.8 Å². The van der Waals surface area contributed by atoms with E-state index in [1.807, 2.05) is 72.5 Å². The summed E-state index contributed by atoms with van der Waals surface area (Å²) in [4.78, 5) is 66.0. The number of likely N-dealkylation sites (N-methyl/N-ethyl adjacent to an activating group) is 1. The number of amides is 2. The van der Waals surface area contributed by atoms with Crippen LogP contribution in [0.25, 0.3) is 0 Å². The third kappa shape index (κ3) is 31.1. The Balaban J connectivity index is 0.000000275. The van der Waals surface area contributed by atoms with Crippen molar-refractivity contribution in [3.63, 3.8) is 0 Å². The highest BCUT2D eigenvalue weighted by Gasteiger charge is 2.52. The highest BCUT2D eigenvalue weighted by atomic mass is 31.2. The molecule has 15 nitrogen and oxygen atoms in total. The molecule has 0 aliphatic heterocycles. The first-order chi connectivity index (χ1) is 58.3. The van der Waals surface area contributed by atoms with Gasteiger partial charge in [0.05, 0.1) is 41.3 Å². The zero-order valence-electron chi connectivity index (χ0n) is 74.0. The summed E-state index contributed by atoms with van der Waals surface area (Å²) in [7, 11) is 1.56. The Morgan fingerprint density at radius 2 is 0.570 bits per heavy atom. The zero-order chi connectivity index (χ0) is 88.3. The number of esters is 2. The van der Waals surface area contributed by atoms with Crippen molar-refractivity contribution in [1.82, 2.24) is 10.1 Å². The lowest BCUT2D eigenvalue weighted by Gasteiger charge is -2.43. The van der Waals surface area contributed by atoms with Crippen LogP contribution in [0.3, 0.4) is 0 Å². The summed E-state index contributed by atoms with van der Waals surface area (Å²) in [6.07, 6.45) is 27.0. The fourth-order valence-electron chi connectivity index (χ4n) is 14.2. The van der Waals surface area contributed by atoms with E-state index in [1.54, 1.807) is 32.3 Å². The molecule has 0 aliphatic carbocycles. The second-order valence-corrected chi connectivity index (χ2v) is 47.6. The SMILES string of the molecule is CC(C)(C)[Si](OCC/C=C/CCC=O)(c1ccccc1)c1ccccc1.CC(C)(C)[Si](OCC/C=C/CCO)(c1ccccc1)c1ccccc1.COC(=O)C/C=C/CC(=O)OC.CON(C)C(=O)/C=C/CC/C=C/CCO[Si](c1ccccc1)(c1ccccc1)C(C)(C)C.CON(C)C(=O)C=P(c1ccccc1)(c1ccccc1)c1ccccc1. The van der Waals surface area contributed by atoms with Gasteiger partial charge >= 0.3 is 11.9 Å². The van der Waals surface area contributed by atoms with Gasteiger partial charge in [-0.15, -0.1) is 0 Å². The molecule has 644 valence electrons. The van der Waals surface area contributed by atoms with Crippen molar-refractivity contribution in [1.29, 1.82) is 0 Å². The van der Waals surface area contributed by atoms with Gasteiger partial charge in [0.15, 0.2) is 0 Å². The molecule has 0 unspecified atom stereocenters. The number of aliphatic hydroxyl groups excluding tert-OH is 1. The van der Waals surface area contributed by atoms with E-state index < -0.39 is 31.8 Å². The Morgan fingerprint density at radius 1 is 0.331 bits per heavy atom. The second-order valence-electron chi connectivity index (χ2n) is 31.5. The number of aldehydes is 1. The van der Waals surface area contributed by atoms with Gasteiger partial charge in [0, 0.05) is 58.8 Å². The van der Waals surface area contributed by atoms with Crippen LogP contribution < -0.4 is 47.0 Å². The maximum Gasteiger partial charge on any atom is 0.309 e. The molecule has 0 bridgehead atoms. The predicted octanol–water partition coefficient (Wildman–Crippen LogP) is 16.7. The van der Waals surface area contributed by atoms with E-state index in [-0.39, 0.29) is 58.3 Å². The molecule has 121 heavy (non-hydrogen) atoms. The third-order valence-corrected chi connectivity index (χ3v) is 39.3. The maximum atomic E-state index is 12.9. The number of unbranched alkanes of at least 4 members (excludes halogenated alkanes) is 2. The van der Waals surface area contributed by atoms with E-state index in [2.05, 4.69) is 321 Å². The molecule has 0 radical (unpaired) electrons. The number of allylic oxidation sites excluding steroid dienone is 3. The molecule has 2 amide bonds. The monoisotopic (exact) mass is 1710 g/mol. The van der Waals surface area contributed by atoms with Gasteiger partial charge in [-0.3, -0.25) is 28.9 Å². The van der Waals surface area contributed by atoms with Crippen molar-refractivity contribution in [2.24, 2.45) is 0 Å². The van der Waals surface area contributed by atoms with Gasteiger partial charge < -0.3 is 32.7 Å². The maximum absolute atomic E-state index is 12.9. The van der Waals surface area contributed by atoms with Crippen molar-refractivity contribution < 1.29 is 61.5 Å². The number of carbonyl (C=O) groups excluding carboxylic acids is 5. The fourth-order valence-corrected chi connectivity index (χ4v) is 31.7. The molecule has 0 atom stereocenters. The van der Waals surface area contributed by atoms with E-state index in [9.17, 15) is 24.0 Å². The molecule has 0 saturated heterocycles. The molecule has 19 heteroatoms. The van der Waals surface area contributed by atoms with Crippen molar-refractivity contribution in [3.8, 4) is 0 Å². The van der Waals surface area contributed by atoms with Crippen LogP contribution in [0.1, 0.15) is 127 Å². The fraction of sp³-hybridized carbons (Fsp3) is 0.314. The standard InChI is InChI=1S/C27H37NO3Si.C23H30O2Si.C22H22NO2P.C22H30O2Si.C8H12O4/c1-27(2,3)32(24-18-12-10-13-19-24,25-20-14-11-15-21-25)31-23-17-9-7-6-8-16-22-26(29)28(4)30-5;1-23(2,3)26(21-15-9-7-10-16-21,22-17-11-8-12-18-22)25-20-14-6-4-5-13-19-24;1-23(25-2)22(24)18-26(19-12-6-3-7-13-19,20-14-8-4-9-15-20)21-16-10-5-11-17-21;1-22(2,3)25(20-14-8-6-9-15-20,21-16-10-7-11-17-21)24-19-13-5-4-12-18-23;1-11-7(9)5-3-4-6-8(10)12-2/h7,9-16,18-22H,6,8,17,23H2,1-5H3;4,6-12,15-19H,5,13-14,20H2,1-3H3;3-18H,1-2H3;4-11,14-17,23H,12-13,18-19H2,1-3H3;3-4H,5-6H2,1-2H3/b9-7+,22-16+;6-4+;;5-4+;4-3+. The minimum absolute atomic E-state index is 0.00782. The zero-order valence-corrected chi connectivity index (χ0v) is 77.9. The number of hydrogen-bond acceptors (Lipinski definition) is 13.